The van der Waals surface area contributed by atoms with Gasteiger partial charge < -0.3 is 0 Å². The van der Waals surface area contributed by atoms with Gasteiger partial charge in [0.05, 0.1) is 0 Å². The summed E-state index contributed by atoms with van der Waals surface area (Å²) in [6.45, 7) is 2.43. The molecule has 0 bridgehead atoms. The standard InChI is InChI=1S/C21H32.CF2O/c1-17-7-9-18(10-8-17)11-12-19-13-15-21(16-14-19)20-5-3-2-4-6-20;2-1(3)4/h2-6,17-19,21H,7-16H2,1H3;. The van der Waals surface area contributed by atoms with E-state index in [0.29, 0.717) is 0 Å². The van der Waals surface area contributed by atoms with Gasteiger partial charge in [-0.25, -0.2) is 4.79 Å². The summed E-state index contributed by atoms with van der Waals surface area (Å²) in [5.41, 5.74) is 1.58. The van der Waals surface area contributed by atoms with E-state index in [9.17, 15) is 8.78 Å². The predicted octanol–water partition coefficient (Wildman–Crippen LogP) is 7.61. The topological polar surface area (TPSA) is 17.1 Å². The molecule has 0 amide bonds. The Morgan fingerprint density at radius 2 is 1.28 bits per heavy atom. The molecule has 0 unspecified atom stereocenters. The van der Waals surface area contributed by atoms with Gasteiger partial charge in [-0.15, -0.1) is 8.78 Å². The summed E-state index contributed by atoms with van der Waals surface area (Å²) in [4.78, 5) is 8.11. The number of carbonyl (C=O) groups is 1. The van der Waals surface area contributed by atoms with Crippen LogP contribution >= 0.6 is 0 Å². The van der Waals surface area contributed by atoms with E-state index in [1.54, 1.807) is 5.56 Å². The van der Waals surface area contributed by atoms with Crippen molar-refractivity contribution in [3.8, 4) is 0 Å². The number of hydrogen-bond acceptors (Lipinski definition) is 1. The van der Waals surface area contributed by atoms with Crippen LogP contribution in [-0.4, -0.2) is 6.29 Å². The maximum atomic E-state index is 9.69. The van der Waals surface area contributed by atoms with Crippen molar-refractivity contribution in [2.45, 2.75) is 77.0 Å². The molecule has 2 aliphatic carbocycles. The molecule has 0 aromatic heterocycles. The fraction of sp³-hybridized carbons (Fsp3) is 0.682. The van der Waals surface area contributed by atoms with E-state index in [2.05, 4.69) is 37.3 Å². The van der Waals surface area contributed by atoms with Gasteiger partial charge in [0.15, 0.2) is 0 Å². The van der Waals surface area contributed by atoms with Crippen LogP contribution < -0.4 is 0 Å². The molecule has 0 N–H and O–H groups in total. The van der Waals surface area contributed by atoms with Crippen LogP contribution in [0, 0.1) is 17.8 Å². The van der Waals surface area contributed by atoms with Crippen LogP contribution in [0.3, 0.4) is 0 Å². The largest absolute Gasteiger partial charge is 0.483 e. The van der Waals surface area contributed by atoms with Gasteiger partial charge in [-0.1, -0.05) is 75.8 Å². The SMILES string of the molecule is CC1CCC(CCC2CCC(c3ccccc3)CC2)CC1.O=C(F)F. The van der Waals surface area contributed by atoms with Crippen LogP contribution in [0.2, 0.25) is 0 Å². The third-order valence-electron chi connectivity index (χ3n) is 6.24. The van der Waals surface area contributed by atoms with Crippen LogP contribution in [0.25, 0.3) is 0 Å². The average Bonchev–Trinajstić information content (AvgIpc) is 2.62. The van der Waals surface area contributed by atoms with Crippen LogP contribution in [0.15, 0.2) is 30.3 Å². The lowest BCUT2D eigenvalue weighted by molar-refractivity contribution is 0.199. The quantitative estimate of drug-likeness (QED) is 0.511. The Morgan fingerprint density at radius 3 is 1.76 bits per heavy atom. The minimum atomic E-state index is -2.83. The first-order valence-electron chi connectivity index (χ1n) is 9.94. The fourth-order valence-electron chi connectivity index (χ4n) is 4.60. The van der Waals surface area contributed by atoms with Crippen molar-refractivity contribution in [2.75, 3.05) is 0 Å². The molecule has 0 atom stereocenters. The Morgan fingerprint density at radius 1 is 0.840 bits per heavy atom. The van der Waals surface area contributed by atoms with Gasteiger partial charge in [-0.05, 0) is 54.9 Å². The molecule has 0 spiro atoms. The zero-order valence-electron chi connectivity index (χ0n) is 15.4. The highest BCUT2D eigenvalue weighted by molar-refractivity contribution is 5.55. The maximum absolute atomic E-state index is 9.69. The van der Waals surface area contributed by atoms with E-state index < -0.39 is 6.29 Å². The minimum absolute atomic E-state index is 0.845. The zero-order chi connectivity index (χ0) is 18.1. The van der Waals surface area contributed by atoms with Gasteiger partial charge in [0.25, 0.3) is 0 Å². The highest BCUT2D eigenvalue weighted by Gasteiger charge is 2.24. The van der Waals surface area contributed by atoms with Crippen molar-refractivity contribution in [1.29, 1.82) is 0 Å². The molecule has 2 saturated carbocycles. The summed E-state index contributed by atoms with van der Waals surface area (Å²) in [7, 11) is 0. The summed E-state index contributed by atoms with van der Waals surface area (Å²) in [5.74, 6) is 3.94. The van der Waals surface area contributed by atoms with E-state index >= 15 is 0 Å². The van der Waals surface area contributed by atoms with Crippen molar-refractivity contribution in [3.63, 3.8) is 0 Å². The molecule has 3 rings (SSSR count). The van der Waals surface area contributed by atoms with Crippen molar-refractivity contribution < 1.29 is 13.6 Å². The van der Waals surface area contributed by atoms with Gasteiger partial charge in [0.1, 0.15) is 0 Å². The molecule has 0 radical (unpaired) electrons. The second kappa shape index (κ2) is 10.7. The Hall–Kier alpha value is -1.25. The lowest BCUT2D eigenvalue weighted by Gasteiger charge is -2.31. The molecule has 0 saturated heterocycles. The summed E-state index contributed by atoms with van der Waals surface area (Å²) in [6.07, 6.45) is 12.0. The summed E-state index contributed by atoms with van der Waals surface area (Å²) in [5, 5.41) is 0. The van der Waals surface area contributed by atoms with Crippen molar-refractivity contribution in [2.24, 2.45) is 17.8 Å². The summed E-state index contributed by atoms with van der Waals surface area (Å²) in [6, 6.07) is 11.2. The molecule has 3 heteroatoms. The first-order chi connectivity index (χ1) is 12.0. The minimum Gasteiger partial charge on any atom is -0.219 e. The van der Waals surface area contributed by atoms with Crippen molar-refractivity contribution in [1.82, 2.24) is 0 Å². The molecular weight excluding hydrogens is 318 g/mol. The Bertz CT molecular complexity index is 482. The molecule has 25 heavy (non-hydrogen) atoms. The Balaban J connectivity index is 0.000000511. The number of halogens is 2. The van der Waals surface area contributed by atoms with Crippen LogP contribution in [0.1, 0.15) is 82.6 Å². The van der Waals surface area contributed by atoms with Crippen molar-refractivity contribution in [3.05, 3.63) is 35.9 Å². The fourth-order valence-corrected chi connectivity index (χ4v) is 4.60. The molecule has 1 aromatic rings. The monoisotopic (exact) mass is 350 g/mol. The number of hydrogen-bond donors (Lipinski definition) is 0. The van der Waals surface area contributed by atoms with Gasteiger partial charge in [0.2, 0.25) is 0 Å². The first kappa shape index (κ1) is 20.1. The molecule has 2 fully saturated rings. The van der Waals surface area contributed by atoms with Crippen LogP contribution in [-0.2, 0) is 0 Å². The summed E-state index contributed by atoms with van der Waals surface area (Å²) >= 11 is 0. The third kappa shape index (κ3) is 7.66. The van der Waals surface area contributed by atoms with Gasteiger partial charge in [0, 0.05) is 0 Å². The predicted molar refractivity (Wildman–Crippen MR) is 99.1 cm³/mol. The summed E-state index contributed by atoms with van der Waals surface area (Å²) < 4.78 is 19.4. The molecular formula is C22H32F2O. The van der Waals surface area contributed by atoms with Gasteiger partial charge in [-0.2, -0.15) is 0 Å². The van der Waals surface area contributed by atoms with E-state index in [4.69, 9.17) is 4.79 Å². The average molecular weight is 350 g/mol. The molecule has 1 aromatic carbocycles. The van der Waals surface area contributed by atoms with E-state index in [1.807, 2.05) is 0 Å². The number of rotatable bonds is 4. The number of benzene rings is 1. The number of carbonyl (C=O) groups excluding carboxylic acids is 1. The van der Waals surface area contributed by atoms with E-state index in [-0.39, 0.29) is 0 Å². The highest BCUT2D eigenvalue weighted by Crippen LogP contribution is 2.39. The van der Waals surface area contributed by atoms with E-state index in [1.165, 1.54) is 64.2 Å². The van der Waals surface area contributed by atoms with Crippen LogP contribution in [0.4, 0.5) is 13.6 Å². The lowest BCUT2D eigenvalue weighted by atomic mass is 9.74. The highest BCUT2D eigenvalue weighted by atomic mass is 19.3. The Kier molecular flexibility index (Phi) is 8.57. The van der Waals surface area contributed by atoms with Gasteiger partial charge >= 0.3 is 6.29 Å². The van der Waals surface area contributed by atoms with Crippen molar-refractivity contribution >= 4 is 6.29 Å². The first-order valence-corrected chi connectivity index (χ1v) is 9.94. The smallest absolute Gasteiger partial charge is 0.219 e. The van der Waals surface area contributed by atoms with E-state index in [0.717, 1.165) is 23.7 Å². The maximum Gasteiger partial charge on any atom is 0.483 e. The second-order valence-electron chi connectivity index (χ2n) is 8.06. The normalized spacial score (nSPS) is 29.4. The molecule has 2 aliphatic rings. The third-order valence-corrected chi connectivity index (χ3v) is 6.24. The van der Waals surface area contributed by atoms with Gasteiger partial charge in [-0.3, -0.25) is 0 Å². The molecule has 1 nitrogen and oxygen atoms in total. The second-order valence-corrected chi connectivity index (χ2v) is 8.06. The Labute approximate surface area is 151 Å². The zero-order valence-corrected chi connectivity index (χ0v) is 15.4. The molecule has 0 aliphatic heterocycles. The molecule has 0 heterocycles. The van der Waals surface area contributed by atoms with Crippen LogP contribution in [0.5, 0.6) is 0 Å². The lowest BCUT2D eigenvalue weighted by Crippen LogP contribution is -2.16. The molecule has 140 valence electrons.